The van der Waals surface area contributed by atoms with Gasteiger partial charge in [-0.15, -0.1) is 15.3 Å². The van der Waals surface area contributed by atoms with Crippen molar-refractivity contribution in [1.29, 1.82) is 0 Å². The molecule has 1 aromatic carbocycles. The van der Waals surface area contributed by atoms with E-state index in [-0.39, 0.29) is 5.82 Å². The summed E-state index contributed by atoms with van der Waals surface area (Å²) in [6.07, 6.45) is 1.83. The molecule has 0 saturated heterocycles. The maximum absolute atomic E-state index is 13.9. The summed E-state index contributed by atoms with van der Waals surface area (Å²) in [7, 11) is 5.02. The van der Waals surface area contributed by atoms with Gasteiger partial charge in [0.1, 0.15) is 11.4 Å². The Labute approximate surface area is 155 Å². The summed E-state index contributed by atoms with van der Waals surface area (Å²) in [4.78, 5) is 0. The van der Waals surface area contributed by atoms with Crippen LogP contribution < -0.4 is 4.74 Å². The zero-order chi connectivity index (χ0) is 18.5. The Morgan fingerprint density at radius 3 is 2.73 bits per heavy atom. The third-order valence-electron chi connectivity index (χ3n) is 3.78. The zero-order valence-electron chi connectivity index (χ0n) is 14.8. The molecular weight excluding hydrogens is 357 g/mol. The van der Waals surface area contributed by atoms with Gasteiger partial charge in [-0.2, -0.15) is 0 Å². The third kappa shape index (κ3) is 3.88. The van der Waals surface area contributed by atoms with Gasteiger partial charge in [-0.05, 0) is 11.6 Å². The predicted octanol–water partition coefficient (Wildman–Crippen LogP) is 2.77. The number of aryl methyl sites for hydroxylation is 1. The minimum Gasteiger partial charge on any atom is -0.479 e. The van der Waals surface area contributed by atoms with E-state index in [1.54, 1.807) is 31.0 Å². The first-order valence-electron chi connectivity index (χ1n) is 8.00. The number of rotatable bonds is 8. The Kier molecular flexibility index (Phi) is 5.89. The van der Waals surface area contributed by atoms with Crippen LogP contribution in [0.25, 0.3) is 11.4 Å². The molecule has 0 bridgehead atoms. The molecule has 0 radical (unpaired) electrons. The Morgan fingerprint density at radius 2 is 2.00 bits per heavy atom. The van der Waals surface area contributed by atoms with Crippen LogP contribution in [0.3, 0.4) is 0 Å². The molecule has 0 aliphatic rings. The maximum atomic E-state index is 13.9. The van der Waals surface area contributed by atoms with Gasteiger partial charge in [0.2, 0.25) is 5.88 Å². The molecule has 0 spiro atoms. The lowest BCUT2D eigenvalue weighted by Gasteiger charge is -2.09. The summed E-state index contributed by atoms with van der Waals surface area (Å²) in [6.45, 7) is 1.07. The number of benzene rings is 1. The second kappa shape index (κ2) is 8.33. The van der Waals surface area contributed by atoms with Gasteiger partial charge in [-0.25, -0.2) is 4.39 Å². The molecule has 0 aliphatic heterocycles. The van der Waals surface area contributed by atoms with Gasteiger partial charge in [-0.1, -0.05) is 30.0 Å². The number of hydrogen-bond acceptors (Lipinski definition) is 6. The molecule has 0 atom stereocenters. The Balaban J connectivity index is 1.90. The zero-order valence-corrected chi connectivity index (χ0v) is 15.7. The van der Waals surface area contributed by atoms with E-state index in [1.165, 1.54) is 17.8 Å². The number of methoxy groups -OCH3 is 2. The number of thioether (sulfide) groups is 1. The van der Waals surface area contributed by atoms with Crippen molar-refractivity contribution in [3.63, 3.8) is 0 Å². The summed E-state index contributed by atoms with van der Waals surface area (Å²) in [6, 6.07) is 6.72. The number of halogens is 1. The van der Waals surface area contributed by atoms with Crippen LogP contribution in [0.5, 0.6) is 5.88 Å². The summed E-state index contributed by atoms with van der Waals surface area (Å²) in [5.41, 5.74) is 1.37. The molecule has 26 heavy (non-hydrogen) atoms. The number of ether oxygens (including phenoxy) is 2. The van der Waals surface area contributed by atoms with E-state index < -0.39 is 0 Å². The van der Waals surface area contributed by atoms with Crippen LogP contribution in [0, 0.1) is 5.82 Å². The van der Waals surface area contributed by atoms with Crippen molar-refractivity contribution >= 4 is 11.8 Å². The fourth-order valence-electron chi connectivity index (χ4n) is 2.51. The SMILES string of the molecule is COCCn1c(SCc2ccccc2F)nnc1-c1cn(C)nc1OC. The van der Waals surface area contributed by atoms with Gasteiger partial charge in [0.15, 0.2) is 11.0 Å². The molecule has 0 unspecified atom stereocenters. The van der Waals surface area contributed by atoms with Gasteiger partial charge in [0.25, 0.3) is 0 Å². The fraction of sp³-hybridized carbons (Fsp3) is 0.353. The smallest absolute Gasteiger partial charge is 0.243 e. The fourth-order valence-corrected chi connectivity index (χ4v) is 3.46. The molecule has 7 nitrogen and oxygen atoms in total. The predicted molar refractivity (Wildman–Crippen MR) is 96.6 cm³/mol. The van der Waals surface area contributed by atoms with E-state index in [1.807, 2.05) is 23.9 Å². The maximum Gasteiger partial charge on any atom is 0.243 e. The quantitative estimate of drug-likeness (QED) is 0.563. The van der Waals surface area contributed by atoms with Gasteiger partial charge in [0, 0.05) is 26.1 Å². The van der Waals surface area contributed by atoms with Crippen LogP contribution in [-0.2, 0) is 24.1 Å². The second-order valence-electron chi connectivity index (χ2n) is 5.56. The van der Waals surface area contributed by atoms with Crippen LogP contribution in [-0.4, -0.2) is 45.4 Å². The van der Waals surface area contributed by atoms with Crippen molar-refractivity contribution in [2.75, 3.05) is 20.8 Å². The van der Waals surface area contributed by atoms with Crippen molar-refractivity contribution in [2.45, 2.75) is 17.5 Å². The highest BCUT2D eigenvalue weighted by molar-refractivity contribution is 7.98. The van der Waals surface area contributed by atoms with Crippen molar-refractivity contribution in [1.82, 2.24) is 24.5 Å². The molecule has 2 heterocycles. The number of aromatic nitrogens is 5. The van der Waals surface area contributed by atoms with E-state index in [9.17, 15) is 4.39 Å². The highest BCUT2D eigenvalue weighted by Gasteiger charge is 2.20. The molecular formula is C17H20FN5O2S. The Bertz CT molecular complexity index is 880. The lowest BCUT2D eigenvalue weighted by Crippen LogP contribution is -2.08. The summed E-state index contributed by atoms with van der Waals surface area (Å²) in [5.74, 6) is 1.35. The summed E-state index contributed by atoms with van der Waals surface area (Å²) in [5, 5.41) is 13.5. The molecule has 0 N–H and O–H groups in total. The van der Waals surface area contributed by atoms with Crippen LogP contribution in [0.1, 0.15) is 5.56 Å². The van der Waals surface area contributed by atoms with Crippen LogP contribution >= 0.6 is 11.8 Å². The topological polar surface area (TPSA) is 67.0 Å². The van der Waals surface area contributed by atoms with E-state index >= 15 is 0 Å². The second-order valence-corrected chi connectivity index (χ2v) is 6.50. The molecule has 0 fully saturated rings. The number of nitrogens with zero attached hydrogens (tertiary/aromatic N) is 5. The molecule has 0 aliphatic carbocycles. The molecule has 2 aromatic heterocycles. The van der Waals surface area contributed by atoms with E-state index in [4.69, 9.17) is 9.47 Å². The Hall–Kier alpha value is -2.39. The molecule has 3 rings (SSSR count). The highest BCUT2D eigenvalue weighted by Crippen LogP contribution is 2.31. The normalized spacial score (nSPS) is 11.1. The molecule has 0 amide bonds. The molecule has 0 saturated carbocycles. The lowest BCUT2D eigenvalue weighted by atomic mass is 10.2. The van der Waals surface area contributed by atoms with Crippen molar-refractivity contribution in [3.8, 4) is 17.3 Å². The molecule has 3 aromatic rings. The largest absolute Gasteiger partial charge is 0.479 e. The highest BCUT2D eigenvalue weighted by atomic mass is 32.2. The van der Waals surface area contributed by atoms with E-state index in [0.29, 0.717) is 41.3 Å². The third-order valence-corrected chi connectivity index (χ3v) is 4.80. The summed E-state index contributed by atoms with van der Waals surface area (Å²) >= 11 is 1.43. The average Bonchev–Trinajstić information content (AvgIpc) is 3.21. The minimum absolute atomic E-state index is 0.225. The van der Waals surface area contributed by atoms with Crippen molar-refractivity contribution in [2.24, 2.45) is 7.05 Å². The number of hydrogen-bond donors (Lipinski definition) is 0. The Morgan fingerprint density at radius 1 is 1.19 bits per heavy atom. The summed E-state index contributed by atoms with van der Waals surface area (Å²) < 4.78 is 28.0. The first kappa shape index (κ1) is 18.4. The standard InChI is InChI=1S/C17H20FN5O2S/c1-22-10-13(16(21-22)25-3)15-19-20-17(23(15)8-9-24-2)26-11-12-6-4-5-7-14(12)18/h4-7,10H,8-9,11H2,1-3H3. The van der Waals surface area contributed by atoms with Crippen molar-refractivity contribution in [3.05, 3.63) is 41.8 Å². The first-order valence-corrected chi connectivity index (χ1v) is 8.99. The van der Waals surface area contributed by atoms with E-state index in [2.05, 4.69) is 15.3 Å². The van der Waals surface area contributed by atoms with Gasteiger partial charge in [0.05, 0.1) is 20.3 Å². The monoisotopic (exact) mass is 377 g/mol. The van der Waals surface area contributed by atoms with Crippen LogP contribution in [0.15, 0.2) is 35.6 Å². The van der Waals surface area contributed by atoms with Gasteiger partial charge in [-0.3, -0.25) is 9.25 Å². The lowest BCUT2D eigenvalue weighted by molar-refractivity contribution is 0.185. The van der Waals surface area contributed by atoms with Gasteiger partial charge < -0.3 is 9.47 Å². The molecule has 9 heteroatoms. The average molecular weight is 377 g/mol. The van der Waals surface area contributed by atoms with Gasteiger partial charge >= 0.3 is 0 Å². The first-order chi connectivity index (χ1) is 12.6. The van der Waals surface area contributed by atoms with Crippen LogP contribution in [0.4, 0.5) is 4.39 Å². The van der Waals surface area contributed by atoms with E-state index in [0.717, 1.165) is 5.56 Å². The minimum atomic E-state index is -0.225. The molecule has 138 valence electrons. The van der Waals surface area contributed by atoms with Crippen LogP contribution in [0.2, 0.25) is 0 Å². The van der Waals surface area contributed by atoms with Crippen molar-refractivity contribution < 1.29 is 13.9 Å².